The van der Waals surface area contributed by atoms with Crippen LogP contribution in [0.4, 0.5) is 4.79 Å². The SMILES string of the molecule is CCN(CC)C(=O)Oc1ccc2cc(-c3ccc(OC)cc3)sc2c1. The fourth-order valence-electron chi connectivity index (χ4n) is 2.62. The molecule has 0 saturated carbocycles. The number of nitrogens with zero attached hydrogens (tertiary/aromatic N) is 1. The van der Waals surface area contributed by atoms with Gasteiger partial charge in [0.15, 0.2) is 0 Å². The van der Waals surface area contributed by atoms with Crippen LogP contribution in [0.5, 0.6) is 11.5 Å². The zero-order valence-electron chi connectivity index (χ0n) is 14.6. The lowest BCUT2D eigenvalue weighted by molar-refractivity contribution is 0.157. The van der Waals surface area contributed by atoms with Crippen LogP contribution in [0.25, 0.3) is 20.5 Å². The molecule has 25 heavy (non-hydrogen) atoms. The Bertz CT molecular complexity index is 866. The molecule has 0 unspecified atom stereocenters. The number of hydrogen-bond acceptors (Lipinski definition) is 4. The van der Waals surface area contributed by atoms with Gasteiger partial charge in [-0.1, -0.05) is 0 Å². The van der Waals surface area contributed by atoms with Crippen LogP contribution in [0.15, 0.2) is 48.5 Å². The maximum atomic E-state index is 12.1. The number of methoxy groups -OCH3 is 1. The molecule has 0 atom stereocenters. The third-order valence-electron chi connectivity index (χ3n) is 4.09. The topological polar surface area (TPSA) is 38.8 Å². The van der Waals surface area contributed by atoms with Gasteiger partial charge in [-0.05, 0) is 73.3 Å². The molecule has 0 spiro atoms. The molecular formula is C20H21NO3S. The molecule has 5 heteroatoms. The first-order chi connectivity index (χ1) is 12.1. The van der Waals surface area contributed by atoms with Gasteiger partial charge in [-0.15, -0.1) is 11.3 Å². The zero-order valence-corrected chi connectivity index (χ0v) is 15.4. The average Bonchev–Trinajstić information content (AvgIpc) is 3.06. The Hall–Kier alpha value is -2.53. The minimum atomic E-state index is -0.309. The van der Waals surface area contributed by atoms with Crippen molar-refractivity contribution in [1.82, 2.24) is 4.90 Å². The Balaban J connectivity index is 1.84. The van der Waals surface area contributed by atoms with E-state index in [1.807, 2.05) is 56.3 Å². The van der Waals surface area contributed by atoms with Crippen LogP contribution >= 0.6 is 11.3 Å². The average molecular weight is 355 g/mol. The molecule has 4 nitrogen and oxygen atoms in total. The Morgan fingerprint density at radius 2 is 1.68 bits per heavy atom. The van der Waals surface area contributed by atoms with E-state index in [9.17, 15) is 4.79 Å². The highest BCUT2D eigenvalue weighted by Crippen LogP contribution is 2.36. The van der Waals surface area contributed by atoms with Crippen LogP contribution in [0.3, 0.4) is 0 Å². The highest BCUT2D eigenvalue weighted by molar-refractivity contribution is 7.22. The van der Waals surface area contributed by atoms with Crippen LogP contribution in [-0.2, 0) is 0 Å². The van der Waals surface area contributed by atoms with Gasteiger partial charge < -0.3 is 14.4 Å². The molecule has 2 aromatic carbocycles. The summed E-state index contributed by atoms with van der Waals surface area (Å²) in [4.78, 5) is 14.9. The van der Waals surface area contributed by atoms with Crippen molar-refractivity contribution < 1.29 is 14.3 Å². The van der Waals surface area contributed by atoms with Gasteiger partial charge in [-0.25, -0.2) is 4.79 Å². The molecule has 1 amide bonds. The monoisotopic (exact) mass is 355 g/mol. The second-order valence-electron chi connectivity index (χ2n) is 5.58. The van der Waals surface area contributed by atoms with E-state index in [4.69, 9.17) is 9.47 Å². The number of ether oxygens (including phenoxy) is 2. The molecule has 3 rings (SSSR count). The molecular weight excluding hydrogens is 334 g/mol. The molecule has 3 aromatic rings. The summed E-state index contributed by atoms with van der Waals surface area (Å²) in [6.45, 7) is 5.15. The first kappa shape index (κ1) is 17.3. The fourth-order valence-corrected chi connectivity index (χ4v) is 3.72. The number of amides is 1. The predicted molar refractivity (Wildman–Crippen MR) is 103 cm³/mol. The summed E-state index contributed by atoms with van der Waals surface area (Å²) >= 11 is 1.68. The zero-order chi connectivity index (χ0) is 17.8. The van der Waals surface area contributed by atoms with E-state index in [0.717, 1.165) is 21.4 Å². The Labute approximate surface area is 151 Å². The highest BCUT2D eigenvalue weighted by Gasteiger charge is 2.13. The van der Waals surface area contributed by atoms with Crippen molar-refractivity contribution in [3.8, 4) is 21.9 Å². The van der Waals surface area contributed by atoms with Crippen molar-refractivity contribution in [2.24, 2.45) is 0 Å². The quantitative estimate of drug-likeness (QED) is 0.613. The Kier molecular flexibility index (Phi) is 5.24. The van der Waals surface area contributed by atoms with Gasteiger partial charge in [0.1, 0.15) is 11.5 Å². The van der Waals surface area contributed by atoms with Gasteiger partial charge in [0, 0.05) is 22.7 Å². The molecule has 0 aliphatic carbocycles. The minimum Gasteiger partial charge on any atom is -0.497 e. The summed E-state index contributed by atoms with van der Waals surface area (Å²) in [5, 5.41) is 1.14. The van der Waals surface area contributed by atoms with E-state index in [1.54, 1.807) is 23.3 Å². The summed E-state index contributed by atoms with van der Waals surface area (Å²) in [5.41, 5.74) is 1.14. The molecule has 0 radical (unpaired) electrons. The predicted octanol–water partition coefficient (Wildman–Crippen LogP) is 5.42. The number of thiophene rings is 1. The molecule has 0 fully saturated rings. The van der Waals surface area contributed by atoms with E-state index in [0.29, 0.717) is 18.8 Å². The Morgan fingerprint density at radius 1 is 1.00 bits per heavy atom. The number of carbonyl (C=O) groups is 1. The fraction of sp³-hybridized carbons (Fsp3) is 0.250. The van der Waals surface area contributed by atoms with Crippen molar-refractivity contribution >= 4 is 27.5 Å². The van der Waals surface area contributed by atoms with Gasteiger partial charge in [0.05, 0.1) is 7.11 Å². The molecule has 1 aromatic heterocycles. The minimum absolute atomic E-state index is 0.309. The van der Waals surface area contributed by atoms with Gasteiger partial charge >= 0.3 is 6.09 Å². The summed E-state index contributed by atoms with van der Waals surface area (Å²) in [5.74, 6) is 1.42. The third-order valence-corrected chi connectivity index (χ3v) is 5.24. The molecule has 0 saturated heterocycles. The van der Waals surface area contributed by atoms with E-state index < -0.39 is 0 Å². The van der Waals surface area contributed by atoms with Crippen molar-refractivity contribution in [3.63, 3.8) is 0 Å². The second kappa shape index (κ2) is 7.57. The van der Waals surface area contributed by atoms with Crippen LogP contribution in [-0.4, -0.2) is 31.2 Å². The Morgan fingerprint density at radius 3 is 2.32 bits per heavy atom. The second-order valence-corrected chi connectivity index (χ2v) is 6.66. The van der Waals surface area contributed by atoms with Gasteiger partial charge in [-0.3, -0.25) is 0 Å². The third kappa shape index (κ3) is 3.77. The molecule has 0 bridgehead atoms. The van der Waals surface area contributed by atoms with Crippen molar-refractivity contribution in [1.29, 1.82) is 0 Å². The summed E-state index contributed by atoms with van der Waals surface area (Å²) in [6, 6.07) is 15.9. The number of rotatable bonds is 5. The molecule has 0 aliphatic rings. The summed E-state index contributed by atoms with van der Waals surface area (Å²) in [7, 11) is 1.66. The molecule has 0 aliphatic heterocycles. The summed E-state index contributed by atoms with van der Waals surface area (Å²) in [6.07, 6.45) is -0.309. The normalized spacial score (nSPS) is 10.7. The van der Waals surface area contributed by atoms with Crippen LogP contribution < -0.4 is 9.47 Å². The maximum absolute atomic E-state index is 12.1. The van der Waals surface area contributed by atoms with Crippen molar-refractivity contribution in [3.05, 3.63) is 48.5 Å². The van der Waals surface area contributed by atoms with E-state index in [2.05, 4.69) is 6.07 Å². The maximum Gasteiger partial charge on any atom is 0.415 e. The van der Waals surface area contributed by atoms with Gasteiger partial charge in [-0.2, -0.15) is 0 Å². The lowest BCUT2D eigenvalue weighted by Gasteiger charge is -2.17. The van der Waals surface area contributed by atoms with Crippen molar-refractivity contribution in [2.75, 3.05) is 20.2 Å². The molecule has 0 N–H and O–H groups in total. The van der Waals surface area contributed by atoms with Crippen molar-refractivity contribution in [2.45, 2.75) is 13.8 Å². The summed E-state index contributed by atoms with van der Waals surface area (Å²) < 4.78 is 11.8. The first-order valence-corrected chi connectivity index (χ1v) is 9.11. The van der Waals surface area contributed by atoms with E-state index >= 15 is 0 Å². The van der Waals surface area contributed by atoms with Crippen LogP contribution in [0.1, 0.15) is 13.8 Å². The van der Waals surface area contributed by atoms with Gasteiger partial charge in [0.2, 0.25) is 0 Å². The lowest BCUT2D eigenvalue weighted by Crippen LogP contribution is -2.33. The van der Waals surface area contributed by atoms with Crippen LogP contribution in [0, 0.1) is 0 Å². The van der Waals surface area contributed by atoms with Gasteiger partial charge in [0.25, 0.3) is 0 Å². The highest BCUT2D eigenvalue weighted by atomic mass is 32.1. The molecule has 130 valence electrons. The van der Waals surface area contributed by atoms with E-state index in [1.165, 1.54) is 4.88 Å². The molecule has 1 heterocycles. The number of carbonyl (C=O) groups excluding carboxylic acids is 1. The first-order valence-electron chi connectivity index (χ1n) is 8.29. The standard InChI is InChI=1S/C20H21NO3S/c1-4-21(5-2)20(22)24-17-11-8-15-12-18(25-19(15)13-17)14-6-9-16(23-3)10-7-14/h6-13H,4-5H2,1-3H3. The largest absolute Gasteiger partial charge is 0.497 e. The number of hydrogen-bond donors (Lipinski definition) is 0. The smallest absolute Gasteiger partial charge is 0.415 e. The van der Waals surface area contributed by atoms with E-state index in [-0.39, 0.29) is 6.09 Å². The number of fused-ring (bicyclic) bond motifs is 1. The van der Waals surface area contributed by atoms with Crippen LogP contribution in [0.2, 0.25) is 0 Å². The number of benzene rings is 2. The lowest BCUT2D eigenvalue weighted by atomic mass is 10.1.